The average molecular weight is 720 g/mol. The van der Waals surface area contributed by atoms with E-state index in [0.29, 0.717) is 0 Å². The molecule has 0 bridgehead atoms. The third-order valence-electron chi connectivity index (χ3n) is 11.8. The fraction of sp³-hybridized carbons (Fsp3) is 0.0769. The number of hydrogen-bond acceptors (Lipinski definition) is 2. The minimum atomic E-state index is -0.595. The number of fused-ring (bicyclic) bond motifs is 7. The molecule has 0 saturated heterocycles. The first-order valence-corrected chi connectivity index (χ1v) is 19.6. The van der Waals surface area contributed by atoms with Crippen molar-refractivity contribution in [2.24, 2.45) is 4.99 Å². The van der Waals surface area contributed by atoms with Gasteiger partial charge in [0.15, 0.2) is 12.0 Å². The molecule has 2 heterocycles. The predicted molar refractivity (Wildman–Crippen MR) is 230 cm³/mol. The van der Waals surface area contributed by atoms with Crippen molar-refractivity contribution in [3.63, 3.8) is 0 Å². The van der Waals surface area contributed by atoms with E-state index in [9.17, 15) is 0 Å². The molecule has 1 aromatic heterocycles. The zero-order valence-corrected chi connectivity index (χ0v) is 30.9. The Morgan fingerprint density at radius 1 is 0.607 bits per heavy atom. The van der Waals surface area contributed by atoms with E-state index in [1.165, 1.54) is 60.8 Å². The van der Waals surface area contributed by atoms with Crippen LogP contribution >= 0.6 is 0 Å². The van der Waals surface area contributed by atoms with Gasteiger partial charge in [0.25, 0.3) is 0 Å². The summed E-state index contributed by atoms with van der Waals surface area (Å²) < 4.78 is 2.47. The van der Waals surface area contributed by atoms with Crippen molar-refractivity contribution in [2.45, 2.75) is 24.4 Å². The molecule has 0 fully saturated rings. The topological polar surface area (TPSA) is 43.3 Å². The summed E-state index contributed by atoms with van der Waals surface area (Å²) in [5, 5.41) is 6.29. The highest BCUT2D eigenvalue weighted by atomic mass is 15.3. The summed E-state index contributed by atoms with van der Waals surface area (Å²) in [5.41, 5.74) is 13.8. The second-order valence-electron chi connectivity index (χ2n) is 14.9. The fourth-order valence-corrected chi connectivity index (χ4v) is 9.40. The second kappa shape index (κ2) is 13.1. The smallest absolute Gasteiger partial charge is 0.250 e. The van der Waals surface area contributed by atoms with Crippen LogP contribution in [0.3, 0.4) is 0 Å². The third-order valence-corrected chi connectivity index (χ3v) is 11.8. The van der Waals surface area contributed by atoms with Crippen LogP contribution in [0.2, 0.25) is 0 Å². The zero-order chi connectivity index (χ0) is 37.1. The molecule has 1 atom stereocenters. The number of hydrogen-bond donors (Lipinski definition) is 2. The number of rotatable bonds is 5. The molecule has 56 heavy (non-hydrogen) atoms. The van der Waals surface area contributed by atoms with Crippen molar-refractivity contribution < 1.29 is 4.99 Å². The van der Waals surface area contributed by atoms with Crippen LogP contribution in [-0.2, 0) is 5.41 Å². The molecule has 4 heteroatoms. The van der Waals surface area contributed by atoms with Gasteiger partial charge in [0, 0.05) is 27.5 Å². The second-order valence-corrected chi connectivity index (χ2v) is 14.9. The largest absolute Gasteiger partial charge is 0.364 e. The quantitative estimate of drug-likeness (QED) is 0.183. The number of aromatic nitrogens is 1. The summed E-state index contributed by atoms with van der Waals surface area (Å²) in [6.45, 7) is 0. The summed E-state index contributed by atoms with van der Waals surface area (Å²) in [6, 6.07) is 64.2. The normalized spacial score (nSPS) is 16.8. The van der Waals surface area contributed by atoms with Gasteiger partial charge in [-0.2, -0.15) is 4.57 Å². The lowest BCUT2D eigenvalue weighted by Crippen LogP contribution is -2.81. The molecule has 8 aromatic rings. The highest BCUT2D eigenvalue weighted by Gasteiger charge is 2.49. The predicted octanol–water partition coefficient (Wildman–Crippen LogP) is 10.1. The van der Waals surface area contributed by atoms with Crippen LogP contribution in [0.25, 0.3) is 44.1 Å². The molecule has 11 rings (SSSR count). The Labute approximate surface area is 326 Å². The van der Waals surface area contributed by atoms with Gasteiger partial charge in [-0.05, 0) is 57.9 Å². The van der Waals surface area contributed by atoms with Crippen molar-refractivity contribution in [2.75, 3.05) is 0 Å². The number of allylic oxidation sites excluding steroid dienone is 2. The minimum Gasteiger partial charge on any atom is -0.250 e. The third kappa shape index (κ3) is 4.92. The van der Waals surface area contributed by atoms with E-state index in [4.69, 9.17) is 4.99 Å². The van der Waals surface area contributed by atoms with Gasteiger partial charge in [0.05, 0.1) is 5.41 Å². The molecule has 266 valence electrons. The molecule has 1 unspecified atom stereocenters. The van der Waals surface area contributed by atoms with Crippen LogP contribution in [0, 0.1) is 0 Å². The van der Waals surface area contributed by atoms with Crippen LogP contribution in [0.5, 0.6) is 0 Å². The number of amidine groups is 1. The Hall–Kier alpha value is -7.04. The van der Waals surface area contributed by atoms with Gasteiger partial charge in [0.2, 0.25) is 0 Å². The van der Waals surface area contributed by atoms with Gasteiger partial charge in [0.1, 0.15) is 11.0 Å². The lowest BCUT2D eigenvalue weighted by molar-refractivity contribution is -0.513. The van der Waals surface area contributed by atoms with Gasteiger partial charge in [-0.1, -0.05) is 188 Å². The molecule has 0 radical (unpaired) electrons. The maximum atomic E-state index is 5.33. The van der Waals surface area contributed by atoms with Crippen LogP contribution in [-0.4, -0.2) is 16.4 Å². The van der Waals surface area contributed by atoms with Gasteiger partial charge in [-0.3, -0.25) is 4.99 Å². The maximum Gasteiger partial charge on any atom is 0.364 e. The van der Waals surface area contributed by atoms with Crippen molar-refractivity contribution in [3.8, 4) is 22.3 Å². The summed E-state index contributed by atoms with van der Waals surface area (Å²) in [4.78, 5) is 9.26. The maximum absolute atomic E-state index is 5.33. The summed E-state index contributed by atoms with van der Waals surface area (Å²) in [7, 11) is 0. The van der Waals surface area contributed by atoms with Crippen molar-refractivity contribution in [1.29, 1.82) is 0 Å². The summed E-state index contributed by atoms with van der Waals surface area (Å²) in [6.07, 6.45) is 8.50. The number of aliphatic imine (C=N–C) groups is 1. The standard InChI is InChI=1S/C52H38N4/c1-6-18-35(19-7-1)38-30-31-42-44-33-32-43-41-28-16-17-29-45(41)52(39-24-12-4-13-25-39,40-26-14-5-15-27-40)47(43)48(44)56(46(42)34-38)51-54-49(36-20-8-2-9-21-36)53-50(55-51)37-22-10-3-11-23-37/h1-2,4-10,12-34,49H,3,11H2,(H,53,54,55)/p+1. The van der Waals surface area contributed by atoms with E-state index in [-0.39, 0.29) is 6.17 Å². The Morgan fingerprint density at radius 3 is 1.98 bits per heavy atom. The van der Waals surface area contributed by atoms with Crippen molar-refractivity contribution >= 4 is 33.6 Å². The van der Waals surface area contributed by atoms with E-state index in [1.807, 2.05) is 0 Å². The lowest BCUT2D eigenvalue weighted by atomic mass is 9.67. The Morgan fingerprint density at radius 2 is 1.27 bits per heavy atom. The van der Waals surface area contributed by atoms with Crippen LogP contribution in [0.15, 0.2) is 205 Å². The molecule has 2 aliphatic carbocycles. The van der Waals surface area contributed by atoms with E-state index in [0.717, 1.165) is 41.3 Å². The van der Waals surface area contributed by atoms with Gasteiger partial charge in [-0.25, -0.2) is 10.3 Å². The molecule has 7 aromatic carbocycles. The lowest BCUT2D eigenvalue weighted by Gasteiger charge is -2.34. The van der Waals surface area contributed by atoms with Crippen LogP contribution in [0.4, 0.5) is 0 Å². The molecule has 0 amide bonds. The summed E-state index contributed by atoms with van der Waals surface area (Å²) in [5.74, 6) is 1.75. The summed E-state index contributed by atoms with van der Waals surface area (Å²) >= 11 is 0. The van der Waals surface area contributed by atoms with E-state index < -0.39 is 5.41 Å². The molecule has 2 N–H and O–H groups in total. The average Bonchev–Trinajstić information content (AvgIpc) is 3.78. The molecular formula is C52H39N4+. The monoisotopic (exact) mass is 719 g/mol. The van der Waals surface area contributed by atoms with E-state index in [1.54, 1.807) is 0 Å². The van der Waals surface area contributed by atoms with E-state index in [2.05, 4.69) is 209 Å². The van der Waals surface area contributed by atoms with Crippen molar-refractivity contribution in [3.05, 3.63) is 228 Å². The van der Waals surface area contributed by atoms with Gasteiger partial charge >= 0.3 is 5.96 Å². The number of nitrogens with zero attached hydrogens (tertiary/aromatic N) is 2. The Bertz CT molecular complexity index is 2880. The molecule has 3 aliphatic rings. The SMILES string of the molecule is C1=CC(C2=NC(c3ccccc3)[NH+]=C(n3c4cc(-c5ccccc5)ccc4c4ccc5c(c43)C(c3ccccc3)(c3ccccc3)c3ccccc3-5)N2)=CCC1. The number of benzene rings is 7. The molecule has 0 spiro atoms. The highest BCUT2D eigenvalue weighted by molar-refractivity contribution is 6.20. The minimum absolute atomic E-state index is 0.301. The molecular weight excluding hydrogens is 681 g/mol. The molecule has 1 aliphatic heterocycles. The van der Waals surface area contributed by atoms with Crippen molar-refractivity contribution in [1.82, 2.24) is 9.88 Å². The molecule has 4 nitrogen and oxygen atoms in total. The van der Waals surface area contributed by atoms with Crippen LogP contribution in [0.1, 0.15) is 46.8 Å². The first kappa shape index (κ1) is 32.4. The van der Waals surface area contributed by atoms with E-state index >= 15 is 0 Å². The van der Waals surface area contributed by atoms with Gasteiger partial charge < -0.3 is 0 Å². The Kier molecular flexibility index (Phi) is 7.56. The first-order chi connectivity index (χ1) is 27.8. The fourth-order valence-electron chi connectivity index (χ4n) is 9.40. The molecule has 0 saturated carbocycles. The zero-order valence-electron chi connectivity index (χ0n) is 30.9. The van der Waals surface area contributed by atoms with Crippen LogP contribution < -0.4 is 10.3 Å². The Balaban J connectivity index is 1.29. The first-order valence-electron chi connectivity index (χ1n) is 19.6. The highest BCUT2D eigenvalue weighted by Crippen LogP contribution is 2.58. The number of nitrogens with one attached hydrogen (secondary N) is 2. The van der Waals surface area contributed by atoms with Gasteiger partial charge in [-0.15, -0.1) is 0 Å².